The molecule has 1 heterocycles. The number of ether oxygens (including phenoxy) is 1. The van der Waals surface area contributed by atoms with Crippen LogP contribution in [0.15, 0.2) is 78.9 Å². The maximum atomic E-state index is 13.3. The number of benzene rings is 3. The highest BCUT2D eigenvalue weighted by atomic mass is 16.5. The third-order valence-corrected chi connectivity index (χ3v) is 4.81. The molecular formula is C24H24N2O2. The van der Waals surface area contributed by atoms with Crippen LogP contribution in [-0.4, -0.2) is 18.6 Å². The fourth-order valence-corrected chi connectivity index (χ4v) is 3.52. The van der Waals surface area contributed by atoms with Crippen LogP contribution in [0.5, 0.6) is 5.75 Å². The van der Waals surface area contributed by atoms with Crippen molar-refractivity contribution >= 4 is 17.3 Å². The van der Waals surface area contributed by atoms with Crippen molar-refractivity contribution in [2.75, 3.05) is 16.8 Å². The zero-order chi connectivity index (χ0) is 19.5. The summed E-state index contributed by atoms with van der Waals surface area (Å²) in [6, 6.07) is 25.6. The molecule has 0 saturated heterocycles. The summed E-state index contributed by atoms with van der Waals surface area (Å²) in [5, 5.41) is 3.57. The summed E-state index contributed by atoms with van der Waals surface area (Å²) in [5.41, 5.74) is 3.69. The molecule has 0 radical (unpaired) electrons. The average Bonchev–Trinajstić information content (AvgIpc) is 2.73. The summed E-state index contributed by atoms with van der Waals surface area (Å²) >= 11 is 0. The van der Waals surface area contributed by atoms with E-state index in [1.54, 1.807) is 0 Å². The number of nitrogens with one attached hydrogen (secondary N) is 1. The van der Waals surface area contributed by atoms with Gasteiger partial charge in [0.2, 0.25) is 0 Å². The molecule has 1 aliphatic rings. The number of para-hydroxylation sites is 2. The Morgan fingerprint density at radius 3 is 2.36 bits per heavy atom. The van der Waals surface area contributed by atoms with Gasteiger partial charge in [-0.2, -0.15) is 0 Å². The predicted molar refractivity (Wildman–Crippen MR) is 113 cm³/mol. The Morgan fingerprint density at radius 2 is 1.64 bits per heavy atom. The van der Waals surface area contributed by atoms with Gasteiger partial charge >= 0.3 is 0 Å². The minimum absolute atomic E-state index is 0.00835. The average molecular weight is 372 g/mol. The van der Waals surface area contributed by atoms with Crippen molar-refractivity contribution in [3.63, 3.8) is 0 Å². The molecule has 4 rings (SSSR count). The van der Waals surface area contributed by atoms with Crippen LogP contribution in [0.3, 0.4) is 0 Å². The van der Waals surface area contributed by atoms with E-state index in [0.717, 1.165) is 22.7 Å². The molecule has 3 aromatic rings. The molecule has 1 aliphatic heterocycles. The minimum atomic E-state index is -0.00835. The molecule has 1 amide bonds. The van der Waals surface area contributed by atoms with Crippen LogP contribution in [-0.2, 0) is 0 Å². The quantitative estimate of drug-likeness (QED) is 0.677. The molecule has 0 saturated carbocycles. The van der Waals surface area contributed by atoms with E-state index in [-0.39, 0.29) is 18.1 Å². The monoisotopic (exact) mass is 372 g/mol. The van der Waals surface area contributed by atoms with Crippen LogP contribution >= 0.6 is 0 Å². The summed E-state index contributed by atoms with van der Waals surface area (Å²) in [6.07, 6.45) is 0.105. The fraction of sp³-hybridized carbons (Fsp3) is 0.208. The number of nitrogens with zero attached hydrogens (tertiary/aromatic N) is 1. The highest BCUT2D eigenvalue weighted by molar-refractivity contribution is 6.08. The van der Waals surface area contributed by atoms with Gasteiger partial charge in [0, 0.05) is 5.56 Å². The number of anilines is 2. The van der Waals surface area contributed by atoms with Crippen molar-refractivity contribution in [1.82, 2.24) is 0 Å². The Balaban J connectivity index is 1.64. The molecule has 3 aromatic carbocycles. The number of rotatable bonds is 4. The topological polar surface area (TPSA) is 41.6 Å². The van der Waals surface area contributed by atoms with Crippen molar-refractivity contribution in [2.24, 2.45) is 0 Å². The summed E-state index contributed by atoms with van der Waals surface area (Å²) in [4.78, 5) is 15.2. The lowest BCUT2D eigenvalue weighted by Gasteiger charge is -2.36. The van der Waals surface area contributed by atoms with Gasteiger partial charge in [0.1, 0.15) is 5.75 Å². The lowest BCUT2D eigenvalue weighted by atomic mass is 10.0. The van der Waals surface area contributed by atoms with Gasteiger partial charge in [0.05, 0.1) is 30.1 Å². The first-order valence-electron chi connectivity index (χ1n) is 9.61. The largest absolute Gasteiger partial charge is 0.491 e. The zero-order valence-corrected chi connectivity index (χ0v) is 16.1. The molecule has 0 aromatic heterocycles. The molecule has 1 N–H and O–H groups in total. The minimum Gasteiger partial charge on any atom is -0.491 e. The molecule has 28 heavy (non-hydrogen) atoms. The second-order valence-electron chi connectivity index (χ2n) is 7.23. The molecule has 142 valence electrons. The van der Waals surface area contributed by atoms with Crippen LogP contribution < -0.4 is 15.0 Å². The SMILES string of the molecule is CC(C)Oc1ccc(C(=O)N2CC(c3ccccc3)Nc3ccccc32)cc1. The number of amides is 1. The molecule has 1 unspecified atom stereocenters. The summed E-state index contributed by atoms with van der Waals surface area (Å²) in [5.74, 6) is 0.764. The normalized spacial score (nSPS) is 15.7. The maximum Gasteiger partial charge on any atom is 0.258 e. The first-order valence-corrected chi connectivity index (χ1v) is 9.61. The Kier molecular flexibility index (Phi) is 5.02. The van der Waals surface area contributed by atoms with E-state index >= 15 is 0 Å². The van der Waals surface area contributed by atoms with E-state index in [0.29, 0.717) is 12.1 Å². The van der Waals surface area contributed by atoms with E-state index in [2.05, 4.69) is 17.4 Å². The fourth-order valence-electron chi connectivity index (χ4n) is 3.52. The Labute approximate surface area is 165 Å². The number of fused-ring (bicyclic) bond motifs is 1. The standard InChI is InChI=1S/C24H24N2O2/c1-17(2)28-20-14-12-19(13-15-20)24(27)26-16-22(18-8-4-3-5-9-18)25-21-10-6-7-11-23(21)26/h3-15,17,22,25H,16H2,1-2H3. The Morgan fingerprint density at radius 1 is 0.964 bits per heavy atom. The molecule has 0 fully saturated rings. The highest BCUT2D eigenvalue weighted by Gasteiger charge is 2.29. The van der Waals surface area contributed by atoms with Gasteiger partial charge in [-0.1, -0.05) is 42.5 Å². The first kappa shape index (κ1) is 18.1. The third kappa shape index (κ3) is 3.72. The van der Waals surface area contributed by atoms with Gasteiger partial charge in [-0.15, -0.1) is 0 Å². The predicted octanol–water partition coefficient (Wildman–Crippen LogP) is 5.29. The lowest BCUT2D eigenvalue weighted by molar-refractivity contribution is 0.0985. The zero-order valence-electron chi connectivity index (χ0n) is 16.1. The first-order chi connectivity index (χ1) is 13.6. The van der Waals surface area contributed by atoms with Gasteiger partial charge in [-0.25, -0.2) is 0 Å². The van der Waals surface area contributed by atoms with Crippen LogP contribution in [0.25, 0.3) is 0 Å². The number of carbonyl (C=O) groups is 1. The van der Waals surface area contributed by atoms with Gasteiger partial charge in [-0.3, -0.25) is 4.79 Å². The van der Waals surface area contributed by atoms with Crippen molar-refractivity contribution in [3.8, 4) is 5.75 Å². The highest BCUT2D eigenvalue weighted by Crippen LogP contribution is 2.36. The van der Waals surface area contributed by atoms with Crippen molar-refractivity contribution < 1.29 is 9.53 Å². The van der Waals surface area contributed by atoms with Crippen LogP contribution in [0.1, 0.15) is 35.8 Å². The summed E-state index contributed by atoms with van der Waals surface area (Å²) in [6.45, 7) is 4.55. The molecule has 1 atom stereocenters. The van der Waals surface area contributed by atoms with Gasteiger partial charge in [0.25, 0.3) is 5.91 Å². The van der Waals surface area contributed by atoms with E-state index in [9.17, 15) is 4.79 Å². The summed E-state index contributed by atoms with van der Waals surface area (Å²) < 4.78 is 5.69. The van der Waals surface area contributed by atoms with E-state index in [1.807, 2.05) is 85.5 Å². The number of hydrogen-bond acceptors (Lipinski definition) is 3. The summed E-state index contributed by atoms with van der Waals surface area (Å²) in [7, 11) is 0. The third-order valence-electron chi connectivity index (χ3n) is 4.81. The van der Waals surface area contributed by atoms with Crippen LogP contribution in [0.2, 0.25) is 0 Å². The van der Waals surface area contributed by atoms with Crippen molar-refractivity contribution in [1.29, 1.82) is 0 Å². The van der Waals surface area contributed by atoms with E-state index in [1.165, 1.54) is 0 Å². The molecule has 0 bridgehead atoms. The number of carbonyl (C=O) groups excluding carboxylic acids is 1. The van der Waals surface area contributed by atoms with Crippen LogP contribution in [0, 0.1) is 0 Å². The van der Waals surface area contributed by atoms with Gasteiger partial charge in [-0.05, 0) is 55.8 Å². The van der Waals surface area contributed by atoms with E-state index < -0.39 is 0 Å². The van der Waals surface area contributed by atoms with Crippen molar-refractivity contribution in [2.45, 2.75) is 26.0 Å². The van der Waals surface area contributed by atoms with Gasteiger partial charge in [0.15, 0.2) is 0 Å². The molecule has 4 heteroatoms. The van der Waals surface area contributed by atoms with Crippen molar-refractivity contribution in [3.05, 3.63) is 90.0 Å². The molecule has 4 nitrogen and oxygen atoms in total. The lowest BCUT2D eigenvalue weighted by Crippen LogP contribution is -2.40. The molecular weight excluding hydrogens is 348 g/mol. The smallest absolute Gasteiger partial charge is 0.258 e. The Bertz CT molecular complexity index is 952. The molecule has 0 aliphatic carbocycles. The second-order valence-corrected chi connectivity index (χ2v) is 7.23. The maximum absolute atomic E-state index is 13.3. The van der Waals surface area contributed by atoms with Gasteiger partial charge < -0.3 is 15.0 Å². The van der Waals surface area contributed by atoms with E-state index in [4.69, 9.17) is 4.74 Å². The van der Waals surface area contributed by atoms with Crippen LogP contribution in [0.4, 0.5) is 11.4 Å². The number of hydrogen-bond donors (Lipinski definition) is 1. The Hall–Kier alpha value is -3.27. The second kappa shape index (κ2) is 7.77. The molecule has 0 spiro atoms.